The third-order valence-electron chi connectivity index (χ3n) is 2.82. The molecule has 0 saturated carbocycles. The van der Waals surface area contributed by atoms with Gasteiger partial charge in [0.1, 0.15) is 11.5 Å². The molecule has 0 saturated heterocycles. The molecule has 0 fully saturated rings. The van der Waals surface area contributed by atoms with Crippen LogP contribution in [0.3, 0.4) is 0 Å². The van der Waals surface area contributed by atoms with Crippen molar-refractivity contribution in [2.45, 2.75) is 33.4 Å². The molecule has 0 spiro atoms. The largest absolute Gasteiger partial charge is 0.368 e. The van der Waals surface area contributed by atoms with Crippen LogP contribution in [0.1, 0.15) is 35.0 Å². The van der Waals surface area contributed by atoms with Gasteiger partial charge < -0.3 is 10.2 Å². The van der Waals surface area contributed by atoms with Crippen LogP contribution in [-0.2, 0) is 6.54 Å². The van der Waals surface area contributed by atoms with Gasteiger partial charge in [0.15, 0.2) is 0 Å². The number of carbonyl (C=O) groups excluding carboxylic acids is 1. The van der Waals surface area contributed by atoms with Crippen LogP contribution in [0.15, 0.2) is 23.6 Å². The fourth-order valence-electron chi connectivity index (χ4n) is 1.92. The Labute approximate surface area is 129 Å². The van der Waals surface area contributed by atoms with Gasteiger partial charge in [-0.05, 0) is 32.9 Å². The van der Waals surface area contributed by atoms with E-state index in [4.69, 9.17) is 0 Å². The maximum atomic E-state index is 12.4. The van der Waals surface area contributed by atoms with Crippen molar-refractivity contribution in [1.29, 1.82) is 0 Å². The first-order chi connectivity index (χ1) is 9.95. The molecule has 6 heteroatoms. The number of pyridine rings is 1. The van der Waals surface area contributed by atoms with Crippen LogP contribution < -0.4 is 5.32 Å². The number of nitrogens with one attached hydrogen (secondary N) is 1. The molecule has 5 nitrogen and oxygen atoms in total. The lowest BCUT2D eigenvalue weighted by Gasteiger charge is -2.16. The lowest BCUT2D eigenvalue weighted by Crippen LogP contribution is -2.27. The highest BCUT2D eigenvalue weighted by Crippen LogP contribution is 2.12. The van der Waals surface area contributed by atoms with E-state index in [1.807, 2.05) is 38.3 Å². The summed E-state index contributed by atoms with van der Waals surface area (Å²) in [5.74, 6) is 0.613. The minimum absolute atomic E-state index is 0.104. The topological polar surface area (TPSA) is 58.1 Å². The summed E-state index contributed by atoms with van der Waals surface area (Å²) < 4.78 is 0. The number of hydrogen-bond donors (Lipinski definition) is 1. The fourth-order valence-corrected chi connectivity index (χ4v) is 2.52. The number of thiazole rings is 1. The lowest BCUT2D eigenvalue weighted by atomic mass is 10.3. The molecular weight excluding hydrogens is 284 g/mol. The van der Waals surface area contributed by atoms with Crippen molar-refractivity contribution in [3.05, 3.63) is 40.0 Å². The summed E-state index contributed by atoms with van der Waals surface area (Å²) in [7, 11) is 1.77. The minimum atomic E-state index is -0.104. The van der Waals surface area contributed by atoms with E-state index in [1.54, 1.807) is 29.4 Å². The molecule has 2 rings (SSSR count). The molecule has 0 radical (unpaired) electrons. The molecule has 21 heavy (non-hydrogen) atoms. The fraction of sp³-hybridized carbons (Fsp3) is 0.400. The molecule has 2 heterocycles. The van der Waals surface area contributed by atoms with Gasteiger partial charge in [0.25, 0.3) is 5.91 Å². The van der Waals surface area contributed by atoms with Crippen LogP contribution in [0.2, 0.25) is 0 Å². The minimum Gasteiger partial charge on any atom is -0.368 e. The van der Waals surface area contributed by atoms with Crippen molar-refractivity contribution >= 4 is 23.1 Å². The first-order valence-electron chi connectivity index (χ1n) is 6.86. The van der Waals surface area contributed by atoms with Crippen molar-refractivity contribution in [3.63, 3.8) is 0 Å². The predicted molar refractivity (Wildman–Crippen MR) is 85.6 cm³/mol. The Morgan fingerprint density at radius 1 is 1.38 bits per heavy atom. The maximum absolute atomic E-state index is 12.4. The number of aryl methyl sites for hydroxylation is 1. The Morgan fingerprint density at radius 2 is 2.14 bits per heavy atom. The number of aromatic nitrogens is 2. The predicted octanol–water partition coefficient (Wildman–Crippen LogP) is 2.94. The van der Waals surface area contributed by atoms with Gasteiger partial charge in [-0.3, -0.25) is 4.79 Å². The molecular formula is C15H20N4OS. The number of amides is 1. The summed E-state index contributed by atoms with van der Waals surface area (Å²) in [6.07, 6.45) is 0. The van der Waals surface area contributed by atoms with E-state index < -0.39 is 0 Å². The second-order valence-corrected chi connectivity index (χ2v) is 6.29. The van der Waals surface area contributed by atoms with E-state index in [9.17, 15) is 4.79 Å². The Kier molecular flexibility index (Phi) is 4.90. The van der Waals surface area contributed by atoms with E-state index in [2.05, 4.69) is 15.3 Å². The Bertz CT molecular complexity index is 624. The first kappa shape index (κ1) is 15.4. The summed E-state index contributed by atoms with van der Waals surface area (Å²) >= 11 is 1.59. The maximum Gasteiger partial charge on any atom is 0.272 e. The quantitative estimate of drug-likeness (QED) is 0.922. The molecule has 0 aliphatic heterocycles. The molecule has 2 aromatic heterocycles. The molecule has 1 amide bonds. The number of anilines is 1. The van der Waals surface area contributed by atoms with Crippen molar-refractivity contribution in [1.82, 2.24) is 14.9 Å². The van der Waals surface area contributed by atoms with Crippen molar-refractivity contribution in [2.75, 3.05) is 12.4 Å². The van der Waals surface area contributed by atoms with Crippen LogP contribution in [0.25, 0.3) is 0 Å². The molecule has 0 unspecified atom stereocenters. The van der Waals surface area contributed by atoms with E-state index >= 15 is 0 Å². The summed E-state index contributed by atoms with van der Waals surface area (Å²) in [5, 5.41) is 6.18. The van der Waals surface area contributed by atoms with Crippen LogP contribution in [-0.4, -0.2) is 33.9 Å². The highest BCUT2D eigenvalue weighted by Gasteiger charge is 2.15. The van der Waals surface area contributed by atoms with Crippen LogP contribution in [0, 0.1) is 6.92 Å². The molecule has 1 N–H and O–H groups in total. The summed E-state index contributed by atoms with van der Waals surface area (Å²) in [6, 6.07) is 5.71. The standard InChI is InChI=1S/C15H20N4OS/c1-10(2)16-14-7-5-6-13(18-14)15(20)19(4)8-12-9-21-11(3)17-12/h5-7,9-10H,8H2,1-4H3,(H,16,18). The first-order valence-corrected chi connectivity index (χ1v) is 7.73. The van der Waals surface area contributed by atoms with Gasteiger partial charge in [-0.2, -0.15) is 0 Å². The molecule has 0 aliphatic rings. The Morgan fingerprint density at radius 3 is 2.76 bits per heavy atom. The van der Waals surface area contributed by atoms with Crippen molar-refractivity contribution in [3.8, 4) is 0 Å². The highest BCUT2D eigenvalue weighted by atomic mass is 32.1. The molecule has 2 aromatic rings. The van der Waals surface area contributed by atoms with E-state index in [0.29, 0.717) is 18.1 Å². The van der Waals surface area contributed by atoms with Crippen LogP contribution in [0.4, 0.5) is 5.82 Å². The molecule has 112 valence electrons. The SMILES string of the molecule is Cc1nc(CN(C)C(=O)c2cccc(NC(C)C)n2)cs1. The average Bonchev–Trinajstić information content (AvgIpc) is 2.82. The van der Waals surface area contributed by atoms with Gasteiger partial charge in [0.2, 0.25) is 0 Å². The second kappa shape index (κ2) is 6.67. The average molecular weight is 304 g/mol. The Balaban J connectivity index is 2.08. The van der Waals surface area contributed by atoms with Gasteiger partial charge in [-0.25, -0.2) is 9.97 Å². The number of carbonyl (C=O) groups is 1. The molecule has 0 atom stereocenters. The zero-order chi connectivity index (χ0) is 15.4. The highest BCUT2D eigenvalue weighted by molar-refractivity contribution is 7.09. The van der Waals surface area contributed by atoms with Gasteiger partial charge >= 0.3 is 0 Å². The second-order valence-electron chi connectivity index (χ2n) is 5.23. The Hall–Kier alpha value is -1.95. The van der Waals surface area contributed by atoms with E-state index in [1.165, 1.54) is 0 Å². The number of hydrogen-bond acceptors (Lipinski definition) is 5. The summed E-state index contributed by atoms with van der Waals surface area (Å²) in [6.45, 7) is 6.52. The lowest BCUT2D eigenvalue weighted by molar-refractivity contribution is 0.0778. The number of rotatable bonds is 5. The van der Waals surface area contributed by atoms with Gasteiger partial charge in [0, 0.05) is 18.5 Å². The third-order valence-corrected chi connectivity index (χ3v) is 3.64. The van der Waals surface area contributed by atoms with Gasteiger partial charge in [-0.1, -0.05) is 6.07 Å². The number of nitrogens with zero attached hydrogens (tertiary/aromatic N) is 3. The normalized spacial score (nSPS) is 10.7. The van der Waals surface area contributed by atoms with Crippen LogP contribution in [0.5, 0.6) is 0 Å². The molecule has 0 bridgehead atoms. The van der Waals surface area contributed by atoms with Gasteiger partial charge in [0.05, 0.1) is 17.2 Å². The van der Waals surface area contributed by atoms with Crippen LogP contribution >= 0.6 is 11.3 Å². The molecule has 0 aromatic carbocycles. The summed E-state index contributed by atoms with van der Waals surface area (Å²) in [4.78, 5) is 22.8. The van der Waals surface area contributed by atoms with E-state index in [0.717, 1.165) is 10.7 Å². The third kappa shape index (κ3) is 4.26. The zero-order valence-electron chi connectivity index (χ0n) is 12.8. The van der Waals surface area contributed by atoms with Crippen molar-refractivity contribution in [2.24, 2.45) is 0 Å². The smallest absolute Gasteiger partial charge is 0.272 e. The molecule has 0 aliphatic carbocycles. The monoisotopic (exact) mass is 304 g/mol. The van der Waals surface area contributed by atoms with Gasteiger partial charge in [-0.15, -0.1) is 11.3 Å². The van der Waals surface area contributed by atoms with Crippen molar-refractivity contribution < 1.29 is 4.79 Å². The zero-order valence-corrected chi connectivity index (χ0v) is 13.6. The van der Waals surface area contributed by atoms with E-state index in [-0.39, 0.29) is 11.9 Å². The summed E-state index contributed by atoms with van der Waals surface area (Å²) in [5.41, 5.74) is 1.35.